The van der Waals surface area contributed by atoms with Gasteiger partial charge in [-0.05, 0) is 54.8 Å². The predicted molar refractivity (Wildman–Crippen MR) is 100 cm³/mol. The second kappa shape index (κ2) is 7.99. The molecular weight excluding hydrogens is 360 g/mol. The van der Waals surface area contributed by atoms with E-state index in [1.165, 1.54) is 31.2 Å². The third kappa shape index (κ3) is 5.29. The van der Waals surface area contributed by atoms with Gasteiger partial charge in [0.15, 0.2) is 0 Å². The molecule has 0 saturated carbocycles. The molecule has 1 unspecified atom stereocenters. The van der Waals surface area contributed by atoms with Crippen molar-refractivity contribution in [3.63, 3.8) is 0 Å². The van der Waals surface area contributed by atoms with Crippen molar-refractivity contribution in [1.82, 2.24) is 4.72 Å². The van der Waals surface area contributed by atoms with Crippen LogP contribution in [0.3, 0.4) is 0 Å². The van der Waals surface area contributed by atoms with E-state index in [4.69, 9.17) is 11.6 Å². The Kier molecular flexibility index (Phi) is 6.21. The van der Waals surface area contributed by atoms with Gasteiger partial charge >= 0.3 is 0 Å². The minimum absolute atomic E-state index is 0.0540. The van der Waals surface area contributed by atoms with Gasteiger partial charge in [0.1, 0.15) is 0 Å². The van der Waals surface area contributed by atoms with Crippen molar-refractivity contribution in [1.29, 1.82) is 0 Å². The van der Waals surface area contributed by atoms with Gasteiger partial charge in [0.2, 0.25) is 15.9 Å². The van der Waals surface area contributed by atoms with E-state index in [0.29, 0.717) is 16.6 Å². The van der Waals surface area contributed by atoms with Gasteiger partial charge < -0.3 is 5.32 Å². The van der Waals surface area contributed by atoms with Gasteiger partial charge in [0.25, 0.3) is 0 Å². The Balaban J connectivity index is 2.07. The van der Waals surface area contributed by atoms with Crippen LogP contribution in [-0.2, 0) is 14.8 Å². The number of hydrogen-bond acceptors (Lipinski definition) is 3. The molecule has 0 saturated heterocycles. The average molecular weight is 381 g/mol. The molecule has 7 heteroatoms. The number of amides is 1. The van der Waals surface area contributed by atoms with E-state index in [-0.39, 0.29) is 4.90 Å². The predicted octanol–water partition coefficient (Wildman–Crippen LogP) is 3.77. The van der Waals surface area contributed by atoms with Gasteiger partial charge in [-0.25, -0.2) is 8.42 Å². The van der Waals surface area contributed by atoms with Crippen molar-refractivity contribution in [3.8, 4) is 0 Å². The van der Waals surface area contributed by atoms with E-state index in [1.54, 1.807) is 6.07 Å². The lowest BCUT2D eigenvalue weighted by Crippen LogP contribution is -2.41. The van der Waals surface area contributed by atoms with Gasteiger partial charge in [0, 0.05) is 10.7 Å². The minimum Gasteiger partial charge on any atom is -0.325 e. The van der Waals surface area contributed by atoms with Gasteiger partial charge in [-0.2, -0.15) is 4.72 Å². The van der Waals surface area contributed by atoms with Crippen LogP contribution >= 0.6 is 11.6 Å². The molecule has 1 amide bonds. The molecule has 0 aromatic heterocycles. The van der Waals surface area contributed by atoms with Gasteiger partial charge in [-0.1, -0.05) is 37.6 Å². The molecule has 0 fully saturated rings. The first kappa shape index (κ1) is 19.4. The van der Waals surface area contributed by atoms with Crippen LogP contribution < -0.4 is 10.0 Å². The molecule has 0 radical (unpaired) electrons. The van der Waals surface area contributed by atoms with Crippen molar-refractivity contribution in [3.05, 3.63) is 59.1 Å². The van der Waals surface area contributed by atoms with Crippen molar-refractivity contribution < 1.29 is 13.2 Å². The van der Waals surface area contributed by atoms with E-state index in [9.17, 15) is 13.2 Å². The summed E-state index contributed by atoms with van der Waals surface area (Å²) < 4.78 is 27.0. The number of rotatable bonds is 6. The molecule has 2 N–H and O–H groups in total. The van der Waals surface area contributed by atoms with Crippen LogP contribution in [0.2, 0.25) is 5.02 Å². The summed E-state index contributed by atoms with van der Waals surface area (Å²) in [5.41, 5.74) is 1.72. The van der Waals surface area contributed by atoms with Gasteiger partial charge in [0.05, 0.1) is 10.9 Å². The van der Waals surface area contributed by atoms with Crippen LogP contribution in [0.5, 0.6) is 0 Å². The fraction of sp³-hybridized carbons (Fsp3) is 0.278. The van der Waals surface area contributed by atoms with Crippen LogP contribution in [-0.4, -0.2) is 20.4 Å². The zero-order chi connectivity index (χ0) is 18.6. The van der Waals surface area contributed by atoms with E-state index in [1.807, 2.05) is 18.2 Å². The SMILES string of the molecule is CC(NS(=O)(=O)c1ccc(Cl)cc1)C(=O)Nc1cccc(C(C)C)c1. The molecule has 2 rings (SSSR count). The number of carbonyl (C=O) groups is 1. The molecule has 134 valence electrons. The molecular formula is C18H21ClN2O3S. The first-order valence-electron chi connectivity index (χ1n) is 7.88. The summed E-state index contributed by atoms with van der Waals surface area (Å²) in [6.07, 6.45) is 0. The van der Waals surface area contributed by atoms with Crippen molar-refractivity contribution in [2.45, 2.75) is 37.6 Å². The van der Waals surface area contributed by atoms with Crippen LogP contribution in [0.15, 0.2) is 53.4 Å². The molecule has 2 aromatic carbocycles. The molecule has 1 atom stereocenters. The molecule has 0 bridgehead atoms. The van der Waals surface area contributed by atoms with E-state index in [0.717, 1.165) is 5.56 Å². The van der Waals surface area contributed by atoms with Crippen LogP contribution in [0.25, 0.3) is 0 Å². The highest BCUT2D eigenvalue weighted by Crippen LogP contribution is 2.19. The molecule has 5 nitrogen and oxygen atoms in total. The first-order chi connectivity index (χ1) is 11.7. The monoisotopic (exact) mass is 380 g/mol. The fourth-order valence-electron chi connectivity index (χ4n) is 2.19. The highest BCUT2D eigenvalue weighted by Gasteiger charge is 2.22. The number of hydrogen-bond donors (Lipinski definition) is 2. The van der Waals surface area contributed by atoms with Crippen molar-refractivity contribution in [2.24, 2.45) is 0 Å². The summed E-state index contributed by atoms with van der Waals surface area (Å²) >= 11 is 5.76. The van der Waals surface area contributed by atoms with Crippen LogP contribution in [0.1, 0.15) is 32.3 Å². The van der Waals surface area contributed by atoms with Crippen molar-refractivity contribution >= 4 is 33.2 Å². The minimum atomic E-state index is -3.80. The molecule has 0 aliphatic rings. The molecule has 0 aliphatic heterocycles. The Labute approximate surface area is 153 Å². The number of halogens is 1. The maximum atomic E-state index is 12.3. The summed E-state index contributed by atoms with van der Waals surface area (Å²) in [7, 11) is -3.80. The molecule has 0 aliphatic carbocycles. The number of nitrogens with one attached hydrogen (secondary N) is 2. The lowest BCUT2D eigenvalue weighted by Gasteiger charge is -2.15. The highest BCUT2D eigenvalue weighted by atomic mass is 35.5. The maximum Gasteiger partial charge on any atom is 0.242 e. The smallest absolute Gasteiger partial charge is 0.242 e. The number of anilines is 1. The summed E-state index contributed by atoms with van der Waals surface area (Å²) in [4.78, 5) is 12.4. The molecule has 0 spiro atoms. The zero-order valence-corrected chi connectivity index (χ0v) is 15.9. The maximum absolute atomic E-state index is 12.3. The van der Waals surface area contributed by atoms with E-state index >= 15 is 0 Å². The topological polar surface area (TPSA) is 75.3 Å². The number of sulfonamides is 1. The Morgan fingerprint density at radius 3 is 2.28 bits per heavy atom. The summed E-state index contributed by atoms with van der Waals surface area (Å²) in [6.45, 7) is 5.61. The first-order valence-corrected chi connectivity index (χ1v) is 9.74. The van der Waals surface area contributed by atoms with Crippen LogP contribution in [0.4, 0.5) is 5.69 Å². The quantitative estimate of drug-likeness (QED) is 0.800. The standard InChI is InChI=1S/C18H21ClN2O3S/c1-12(2)14-5-4-6-16(11-14)20-18(22)13(3)21-25(23,24)17-9-7-15(19)8-10-17/h4-13,21H,1-3H3,(H,20,22). The largest absolute Gasteiger partial charge is 0.325 e. The molecule has 0 heterocycles. The fourth-order valence-corrected chi connectivity index (χ4v) is 3.52. The van der Waals surface area contributed by atoms with Crippen molar-refractivity contribution in [2.75, 3.05) is 5.32 Å². The average Bonchev–Trinajstić information content (AvgIpc) is 2.55. The zero-order valence-electron chi connectivity index (χ0n) is 14.3. The third-order valence-electron chi connectivity index (χ3n) is 3.67. The lowest BCUT2D eigenvalue weighted by atomic mass is 10.0. The second-order valence-corrected chi connectivity index (χ2v) is 8.22. The number of carbonyl (C=O) groups excluding carboxylic acids is 1. The Morgan fingerprint density at radius 1 is 1.04 bits per heavy atom. The van der Waals surface area contributed by atoms with Gasteiger partial charge in [-0.15, -0.1) is 0 Å². The molecule has 25 heavy (non-hydrogen) atoms. The normalized spacial score (nSPS) is 12.8. The van der Waals surface area contributed by atoms with E-state index < -0.39 is 22.0 Å². The molecule has 2 aromatic rings. The van der Waals surface area contributed by atoms with Gasteiger partial charge in [-0.3, -0.25) is 4.79 Å². The van der Waals surface area contributed by atoms with Crippen LogP contribution in [0, 0.1) is 0 Å². The highest BCUT2D eigenvalue weighted by molar-refractivity contribution is 7.89. The van der Waals surface area contributed by atoms with E-state index in [2.05, 4.69) is 23.9 Å². The Hall–Kier alpha value is -1.89. The lowest BCUT2D eigenvalue weighted by molar-refractivity contribution is -0.117. The summed E-state index contributed by atoms with van der Waals surface area (Å²) in [6, 6.07) is 12.3. The third-order valence-corrected chi connectivity index (χ3v) is 5.48. The Morgan fingerprint density at radius 2 is 1.68 bits per heavy atom. The Bertz CT molecular complexity index is 849. The summed E-state index contributed by atoms with van der Waals surface area (Å²) in [5.74, 6) is -0.101. The summed E-state index contributed by atoms with van der Waals surface area (Å²) in [5, 5.41) is 3.17. The number of benzene rings is 2. The second-order valence-electron chi connectivity index (χ2n) is 6.07.